The number of anilines is 1. The Morgan fingerprint density at radius 1 is 1.03 bits per heavy atom. The lowest BCUT2D eigenvalue weighted by atomic mass is 10.1. The van der Waals surface area contributed by atoms with Crippen molar-refractivity contribution >= 4 is 33.6 Å². The number of amides is 1. The highest BCUT2D eigenvalue weighted by Gasteiger charge is 2.31. The van der Waals surface area contributed by atoms with E-state index >= 15 is 0 Å². The van der Waals surface area contributed by atoms with Gasteiger partial charge in [0, 0.05) is 0 Å². The van der Waals surface area contributed by atoms with E-state index < -0.39 is 57.1 Å². The maximum atomic E-state index is 13.9. The van der Waals surface area contributed by atoms with Crippen LogP contribution >= 0.6 is 0 Å². The predicted molar refractivity (Wildman–Crippen MR) is 113 cm³/mol. The maximum Gasteiger partial charge on any atom is 0.339 e. The number of hydrogen-bond acceptors (Lipinski definition) is 7. The summed E-state index contributed by atoms with van der Waals surface area (Å²) >= 11 is 0. The minimum absolute atomic E-state index is 0.104. The van der Waals surface area contributed by atoms with Crippen molar-refractivity contribution in [3.63, 3.8) is 0 Å². The molecule has 11 heteroatoms. The average Bonchev–Trinajstić information content (AvgIpc) is 2.75. The first-order valence-electron chi connectivity index (χ1n) is 9.47. The smallest absolute Gasteiger partial charge is 0.339 e. The molecule has 2 aromatic carbocycles. The van der Waals surface area contributed by atoms with Crippen LogP contribution < -0.4 is 10.0 Å². The highest BCUT2D eigenvalue weighted by atomic mass is 32.2. The summed E-state index contributed by atoms with van der Waals surface area (Å²) in [6.45, 7) is 2.38. The first kappa shape index (κ1) is 25.0. The lowest BCUT2D eigenvalue weighted by Gasteiger charge is -2.21. The monoisotopic (exact) mass is 466 g/mol. The summed E-state index contributed by atoms with van der Waals surface area (Å²) in [5.74, 6) is -3.97. The molecular weight excluding hydrogens is 443 g/mol. The van der Waals surface area contributed by atoms with Crippen LogP contribution in [0, 0.1) is 11.7 Å². The highest BCUT2D eigenvalue weighted by Crippen LogP contribution is 2.17. The Bertz CT molecular complexity index is 1100. The molecule has 172 valence electrons. The number of benzene rings is 2. The van der Waals surface area contributed by atoms with Crippen LogP contribution in [-0.4, -0.2) is 46.0 Å². The quantitative estimate of drug-likeness (QED) is 0.542. The third-order valence-corrected chi connectivity index (χ3v) is 5.76. The van der Waals surface area contributed by atoms with E-state index in [1.807, 2.05) is 0 Å². The van der Waals surface area contributed by atoms with Gasteiger partial charge in [0.15, 0.2) is 6.61 Å². The summed E-state index contributed by atoms with van der Waals surface area (Å²) in [7, 11) is -3.17. The van der Waals surface area contributed by atoms with Crippen LogP contribution in [0.4, 0.5) is 10.1 Å². The van der Waals surface area contributed by atoms with Crippen LogP contribution in [0.2, 0.25) is 0 Å². The minimum Gasteiger partial charge on any atom is -0.465 e. The molecule has 2 aromatic rings. The number of methoxy groups -OCH3 is 1. The van der Waals surface area contributed by atoms with Crippen molar-refractivity contribution in [1.29, 1.82) is 0 Å². The second-order valence-corrected chi connectivity index (χ2v) is 8.65. The van der Waals surface area contributed by atoms with Gasteiger partial charge in [0.1, 0.15) is 16.8 Å². The van der Waals surface area contributed by atoms with E-state index in [1.165, 1.54) is 31.4 Å². The number of rotatable bonds is 9. The Hall–Kier alpha value is -3.31. The van der Waals surface area contributed by atoms with E-state index in [4.69, 9.17) is 4.74 Å². The first-order valence-corrected chi connectivity index (χ1v) is 11.0. The summed E-state index contributed by atoms with van der Waals surface area (Å²) < 4.78 is 50.6. The second kappa shape index (κ2) is 10.8. The van der Waals surface area contributed by atoms with Gasteiger partial charge in [-0.15, -0.1) is 0 Å². The lowest BCUT2D eigenvalue weighted by Crippen LogP contribution is -2.46. The van der Waals surface area contributed by atoms with Gasteiger partial charge in [0.25, 0.3) is 5.91 Å². The molecule has 0 saturated heterocycles. The molecule has 0 bridgehead atoms. The molecule has 0 aliphatic carbocycles. The number of carbonyl (C=O) groups excluding carboxylic acids is 3. The number of halogens is 1. The number of carbonyl (C=O) groups is 3. The number of ether oxygens (including phenoxy) is 2. The van der Waals surface area contributed by atoms with Crippen LogP contribution in [0.1, 0.15) is 24.2 Å². The topological polar surface area (TPSA) is 128 Å². The van der Waals surface area contributed by atoms with E-state index in [0.29, 0.717) is 0 Å². The maximum absolute atomic E-state index is 13.9. The largest absolute Gasteiger partial charge is 0.465 e. The number of hydrogen-bond donors (Lipinski definition) is 2. The zero-order valence-electron chi connectivity index (χ0n) is 17.6. The number of para-hydroxylation sites is 1. The highest BCUT2D eigenvalue weighted by molar-refractivity contribution is 7.89. The van der Waals surface area contributed by atoms with Crippen molar-refractivity contribution in [2.24, 2.45) is 5.92 Å². The van der Waals surface area contributed by atoms with Crippen LogP contribution in [0.25, 0.3) is 0 Å². The fourth-order valence-corrected chi connectivity index (χ4v) is 4.05. The summed E-state index contributed by atoms with van der Waals surface area (Å²) in [4.78, 5) is 35.8. The predicted octanol–water partition coefficient (Wildman–Crippen LogP) is 2.10. The summed E-state index contributed by atoms with van der Waals surface area (Å²) in [6.07, 6.45) is 0. The van der Waals surface area contributed by atoms with Gasteiger partial charge in [-0.25, -0.2) is 17.6 Å². The molecule has 0 aliphatic heterocycles. The van der Waals surface area contributed by atoms with Crippen molar-refractivity contribution in [2.75, 3.05) is 19.0 Å². The number of sulfonamides is 1. The van der Waals surface area contributed by atoms with Crippen molar-refractivity contribution in [3.05, 3.63) is 59.9 Å². The standard InChI is InChI=1S/C21H23FN2O7S/c1-13(2)19(24-32(28,29)17-11-7-5-9-15(17)22)21(27)31-12-18(25)23-16-10-6-4-8-14(16)20(26)30-3/h4-11,13,19,24H,12H2,1-3H3,(H,23,25)/t19-/m0/s1. The van der Waals surface area contributed by atoms with Crippen LogP contribution in [0.15, 0.2) is 53.4 Å². The zero-order valence-corrected chi connectivity index (χ0v) is 18.4. The third-order valence-electron chi connectivity index (χ3n) is 4.28. The molecular formula is C21H23FN2O7S. The molecule has 2 N–H and O–H groups in total. The second-order valence-electron chi connectivity index (χ2n) is 6.97. The minimum atomic E-state index is -4.36. The molecule has 32 heavy (non-hydrogen) atoms. The fraction of sp³-hybridized carbons (Fsp3) is 0.286. The van der Waals surface area contributed by atoms with Crippen LogP contribution in [-0.2, 0) is 29.1 Å². The Morgan fingerprint density at radius 2 is 1.66 bits per heavy atom. The molecule has 0 unspecified atom stereocenters. The SMILES string of the molecule is COC(=O)c1ccccc1NC(=O)COC(=O)[C@@H](NS(=O)(=O)c1ccccc1F)C(C)C. The molecule has 0 aromatic heterocycles. The Morgan fingerprint density at radius 3 is 2.28 bits per heavy atom. The van der Waals surface area contributed by atoms with Gasteiger partial charge in [-0.3, -0.25) is 9.59 Å². The van der Waals surface area contributed by atoms with Crippen molar-refractivity contribution < 1.29 is 36.7 Å². The Balaban J connectivity index is 2.06. The van der Waals surface area contributed by atoms with E-state index in [9.17, 15) is 27.2 Å². The molecule has 2 rings (SSSR count). The van der Waals surface area contributed by atoms with Crippen LogP contribution in [0.5, 0.6) is 0 Å². The number of nitrogens with one attached hydrogen (secondary N) is 2. The molecule has 0 saturated carbocycles. The molecule has 0 fully saturated rings. The molecule has 0 radical (unpaired) electrons. The van der Waals surface area contributed by atoms with E-state index in [0.717, 1.165) is 12.1 Å². The first-order chi connectivity index (χ1) is 15.1. The zero-order chi connectivity index (χ0) is 23.9. The normalized spacial score (nSPS) is 12.2. The Kier molecular flexibility index (Phi) is 8.44. The molecule has 0 aliphatic rings. The van der Waals surface area contributed by atoms with Gasteiger partial charge in [-0.1, -0.05) is 38.1 Å². The van der Waals surface area contributed by atoms with Crippen molar-refractivity contribution in [1.82, 2.24) is 4.72 Å². The molecule has 0 spiro atoms. The third kappa shape index (κ3) is 6.34. The van der Waals surface area contributed by atoms with Gasteiger partial charge in [0.2, 0.25) is 10.0 Å². The van der Waals surface area contributed by atoms with E-state index in [-0.39, 0.29) is 11.3 Å². The Labute approximate surface area is 185 Å². The average molecular weight is 466 g/mol. The van der Waals surface area contributed by atoms with Crippen molar-refractivity contribution in [2.45, 2.75) is 24.8 Å². The molecule has 9 nitrogen and oxygen atoms in total. The fourth-order valence-electron chi connectivity index (χ4n) is 2.64. The molecule has 0 heterocycles. The van der Waals surface area contributed by atoms with Gasteiger partial charge in [-0.05, 0) is 30.2 Å². The van der Waals surface area contributed by atoms with E-state index in [1.54, 1.807) is 26.0 Å². The molecule has 1 atom stereocenters. The van der Waals surface area contributed by atoms with Crippen LogP contribution in [0.3, 0.4) is 0 Å². The summed E-state index contributed by atoms with van der Waals surface area (Å²) in [6, 6.07) is 9.42. The lowest BCUT2D eigenvalue weighted by molar-refractivity contribution is -0.150. The van der Waals surface area contributed by atoms with Gasteiger partial charge in [0.05, 0.1) is 18.4 Å². The van der Waals surface area contributed by atoms with Gasteiger partial charge >= 0.3 is 11.9 Å². The van der Waals surface area contributed by atoms with Gasteiger partial charge < -0.3 is 14.8 Å². The molecule has 1 amide bonds. The van der Waals surface area contributed by atoms with Gasteiger partial charge in [-0.2, -0.15) is 4.72 Å². The van der Waals surface area contributed by atoms with E-state index in [2.05, 4.69) is 14.8 Å². The summed E-state index contributed by atoms with van der Waals surface area (Å²) in [5.41, 5.74) is 0.258. The number of esters is 2. The van der Waals surface area contributed by atoms with Crippen molar-refractivity contribution in [3.8, 4) is 0 Å². The summed E-state index contributed by atoms with van der Waals surface area (Å²) in [5, 5.41) is 2.43.